The van der Waals surface area contributed by atoms with Gasteiger partial charge in [-0.2, -0.15) is 0 Å². The lowest BCUT2D eigenvalue weighted by atomic mass is 10.3. The first-order chi connectivity index (χ1) is 10.4. The normalized spacial score (nSPS) is 10.8. The van der Waals surface area contributed by atoms with Crippen LogP contribution < -0.4 is 5.32 Å². The van der Waals surface area contributed by atoms with Gasteiger partial charge in [-0.25, -0.2) is 4.98 Å². The number of nitrogens with zero attached hydrogens (tertiary/aromatic N) is 3. The van der Waals surface area contributed by atoms with Crippen LogP contribution in [0.1, 0.15) is 15.5 Å². The number of benzene rings is 1. The summed E-state index contributed by atoms with van der Waals surface area (Å²) in [5.41, 5.74) is 1.63. The maximum atomic E-state index is 12.2. The summed E-state index contributed by atoms with van der Waals surface area (Å²) in [6.07, 6.45) is 1.31. The number of anilines is 1. The Morgan fingerprint density at radius 3 is 2.86 bits per heavy atom. The first-order valence-electron chi connectivity index (χ1n) is 6.43. The molecular weight excluding hydrogens is 304 g/mol. The molecular formula is C14H12N4O3S. The lowest BCUT2D eigenvalue weighted by Gasteiger charge is -2.05. The predicted octanol–water partition coefficient (Wildman–Crippen LogP) is 3.10. The molecule has 0 radical (unpaired) electrons. The molecule has 1 amide bonds. The number of carbonyl (C=O) groups excluding carboxylic acids is 1. The van der Waals surface area contributed by atoms with Crippen LogP contribution in [0.4, 0.5) is 11.4 Å². The molecule has 3 aromatic rings. The Morgan fingerprint density at radius 1 is 1.41 bits per heavy atom. The van der Waals surface area contributed by atoms with Crippen molar-refractivity contribution in [3.05, 3.63) is 51.3 Å². The number of hydrogen-bond donors (Lipinski definition) is 1. The lowest BCUT2D eigenvalue weighted by Crippen LogP contribution is -2.15. The molecule has 8 heteroatoms. The molecule has 1 N–H and O–H groups in total. The zero-order valence-electron chi connectivity index (χ0n) is 11.9. The monoisotopic (exact) mass is 316 g/mol. The number of amides is 1. The smallest absolute Gasteiger partial charge is 0.287 e. The van der Waals surface area contributed by atoms with E-state index in [0.717, 1.165) is 15.2 Å². The van der Waals surface area contributed by atoms with Crippen LogP contribution in [0.2, 0.25) is 0 Å². The van der Waals surface area contributed by atoms with Crippen molar-refractivity contribution in [2.75, 3.05) is 5.32 Å². The van der Waals surface area contributed by atoms with Gasteiger partial charge in [-0.1, -0.05) is 0 Å². The van der Waals surface area contributed by atoms with E-state index >= 15 is 0 Å². The van der Waals surface area contributed by atoms with Crippen molar-refractivity contribution in [3.8, 4) is 0 Å². The van der Waals surface area contributed by atoms with Crippen LogP contribution in [0.25, 0.3) is 10.2 Å². The zero-order valence-corrected chi connectivity index (χ0v) is 12.7. The van der Waals surface area contributed by atoms with E-state index in [0.29, 0.717) is 5.69 Å². The maximum Gasteiger partial charge on any atom is 0.287 e. The summed E-state index contributed by atoms with van der Waals surface area (Å²) in [4.78, 5) is 26.8. The SMILES string of the molecule is Cc1nc2ccc(NC(=O)c3cc([N+](=O)[O-])cn3C)cc2s1. The van der Waals surface area contributed by atoms with Gasteiger partial charge in [-0.3, -0.25) is 14.9 Å². The number of nitrogens with one attached hydrogen (secondary N) is 1. The van der Waals surface area contributed by atoms with Crippen LogP contribution in [0.15, 0.2) is 30.5 Å². The van der Waals surface area contributed by atoms with Gasteiger partial charge in [0, 0.05) is 18.8 Å². The molecule has 2 heterocycles. The zero-order chi connectivity index (χ0) is 15.9. The van der Waals surface area contributed by atoms with E-state index in [-0.39, 0.29) is 11.4 Å². The quantitative estimate of drug-likeness (QED) is 0.594. The molecule has 2 aromatic heterocycles. The van der Waals surface area contributed by atoms with Crippen LogP contribution in [0, 0.1) is 17.0 Å². The predicted molar refractivity (Wildman–Crippen MR) is 84.4 cm³/mol. The van der Waals surface area contributed by atoms with Gasteiger partial charge in [0.1, 0.15) is 5.69 Å². The second-order valence-electron chi connectivity index (χ2n) is 4.82. The van der Waals surface area contributed by atoms with Crippen LogP contribution in [-0.4, -0.2) is 20.4 Å². The van der Waals surface area contributed by atoms with Crippen molar-refractivity contribution < 1.29 is 9.72 Å². The number of aromatic nitrogens is 2. The highest BCUT2D eigenvalue weighted by molar-refractivity contribution is 7.18. The highest BCUT2D eigenvalue weighted by atomic mass is 32.1. The molecule has 112 valence electrons. The highest BCUT2D eigenvalue weighted by Crippen LogP contribution is 2.25. The minimum absolute atomic E-state index is 0.110. The highest BCUT2D eigenvalue weighted by Gasteiger charge is 2.17. The molecule has 1 aromatic carbocycles. The number of fused-ring (bicyclic) bond motifs is 1. The minimum atomic E-state index is -0.525. The Bertz CT molecular complexity index is 897. The average molecular weight is 316 g/mol. The molecule has 0 unspecified atom stereocenters. The topological polar surface area (TPSA) is 90.1 Å². The molecule has 0 aliphatic heterocycles. The summed E-state index contributed by atoms with van der Waals surface area (Å²) in [5.74, 6) is -0.392. The average Bonchev–Trinajstić information content (AvgIpc) is 3.00. The van der Waals surface area contributed by atoms with Gasteiger partial charge >= 0.3 is 0 Å². The molecule has 0 saturated carbocycles. The Kier molecular flexibility index (Phi) is 3.38. The summed E-state index contributed by atoms with van der Waals surface area (Å²) in [5, 5.41) is 14.5. The van der Waals surface area contributed by atoms with Crippen molar-refractivity contribution in [2.24, 2.45) is 7.05 Å². The summed E-state index contributed by atoms with van der Waals surface area (Å²) in [6.45, 7) is 1.92. The Morgan fingerprint density at radius 2 is 2.18 bits per heavy atom. The number of hydrogen-bond acceptors (Lipinski definition) is 5. The summed E-state index contributed by atoms with van der Waals surface area (Å²) < 4.78 is 2.41. The van der Waals surface area contributed by atoms with Crippen LogP contribution in [-0.2, 0) is 7.05 Å². The summed E-state index contributed by atoms with van der Waals surface area (Å²) in [7, 11) is 1.59. The van der Waals surface area contributed by atoms with Crippen LogP contribution >= 0.6 is 11.3 Å². The fourth-order valence-electron chi connectivity index (χ4n) is 2.19. The van der Waals surface area contributed by atoms with Crippen molar-refractivity contribution in [1.82, 2.24) is 9.55 Å². The molecule has 0 spiro atoms. The van der Waals surface area contributed by atoms with E-state index in [1.807, 2.05) is 19.1 Å². The number of nitro groups is 1. The molecule has 0 saturated heterocycles. The molecule has 0 aliphatic carbocycles. The Labute approximate surface area is 129 Å². The third-order valence-electron chi connectivity index (χ3n) is 3.19. The minimum Gasteiger partial charge on any atom is -0.340 e. The standard InChI is InChI=1S/C14H12N4O3S/c1-8-15-11-4-3-9(5-13(11)22-8)16-14(19)12-6-10(18(20)21)7-17(12)2/h3-7H,1-2H3,(H,16,19). The second kappa shape index (κ2) is 5.23. The van der Waals surface area contributed by atoms with Crippen molar-refractivity contribution in [3.63, 3.8) is 0 Å². The Hall–Kier alpha value is -2.74. The molecule has 0 aliphatic rings. The van der Waals surface area contributed by atoms with E-state index < -0.39 is 10.8 Å². The second-order valence-corrected chi connectivity index (χ2v) is 6.06. The Balaban J connectivity index is 1.87. The van der Waals surface area contributed by atoms with Gasteiger partial charge in [-0.15, -0.1) is 11.3 Å². The van der Waals surface area contributed by atoms with E-state index in [4.69, 9.17) is 0 Å². The fraction of sp³-hybridized carbons (Fsp3) is 0.143. The van der Waals surface area contributed by atoms with Gasteiger partial charge < -0.3 is 9.88 Å². The lowest BCUT2D eigenvalue weighted by molar-refractivity contribution is -0.384. The first-order valence-corrected chi connectivity index (χ1v) is 7.25. The third-order valence-corrected chi connectivity index (χ3v) is 4.12. The molecule has 0 fully saturated rings. The van der Waals surface area contributed by atoms with Gasteiger partial charge in [-0.05, 0) is 25.1 Å². The van der Waals surface area contributed by atoms with Crippen molar-refractivity contribution in [1.29, 1.82) is 0 Å². The first kappa shape index (κ1) is 14.2. The molecule has 0 bridgehead atoms. The molecule has 3 rings (SSSR count). The van der Waals surface area contributed by atoms with Gasteiger partial charge in [0.25, 0.3) is 11.6 Å². The number of thiazole rings is 1. The summed E-state index contributed by atoms with van der Waals surface area (Å²) >= 11 is 1.54. The molecule has 22 heavy (non-hydrogen) atoms. The third kappa shape index (κ3) is 2.56. The van der Waals surface area contributed by atoms with E-state index in [1.54, 1.807) is 24.5 Å². The van der Waals surface area contributed by atoms with Gasteiger partial charge in [0.2, 0.25) is 0 Å². The summed E-state index contributed by atoms with van der Waals surface area (Å²) in [6, 6.07) is 6.69. The maximum absolute atomic E-state index is 12.2. The largest absolute Gasteiger partial charge is 0.340 e. The van der Waals surface area contributed by atoms with E-state index in [9.17, 15) is 14.9 Å². The number of aryl methyl sites for hydroxylation is 2. The van der Waals surface area contributed by atoms with E-state index in [2.05, 4.69) is 10.3 Å². The van der Waals surface area contributed by atoms with Crippen molar-refractivity contribution >= 4 is 38.8 Å². The van der Waals surface area contributed by atoms with Gasteiger partial charge in [0.05, 0.1) is 26.3 Å². The van der Waals surface area contributed by atoms with Crippen LogP contribution in [0.3, 0.4) is 0 Å². The fourth-order valence-corrected chi connectivity index (χ4v) is 3.05. The number of rotatable bonds is 3. The van der Waals surface area contributed by atoms with E-state index in [1.165, 1.54) is 16.8 Å². The van der Waals surface area contributed by atoms with Gasteiger partial charge in [0.15, 0.2) is 0 Å². The van der Waals surface area contributed by atoms with Crippen LogP contribution in [0.5, 0.6) is 0 Å². The van der Waals surface area contributed by atoms with Crippen molar-refractivity contribution in [2.45, 2.75) is 6.92 Å². The molecule has 0 atom stereocenters. The number of carbonyl (C=O) groups is 1. The molecule has 7 nitrogen and oxygen atoms in total.